The number of nitrogens with zero attached hydrogens (tertiary/aromatic N) is 4. The molecule has 2 aromatic carbocycles. The lowest BCUT2D eigenvalue weighted by Gasteiger charge is -2.33. The minimum absolute atomic E-state index is 0.0606. The molecule has 0 bridgehead atoms. The summed E-state index contributed by atoms with van der Waals surface area (Å²) in [5.74, 6) is 6.48. The molecule has 15 heteroatoms. The Bertz CT molecular complexity index is 1840. The molecule has 1 fully saturated rings. The van der Waals surface area contributed by atoms with Crippen LogP contribution in [0.4, 0.5) is 24.7 Å². The van der Waals surface area contributed by atoms with Crippen molar-refractivity contribution < 1.29 is 32.2 Å². The van der Waals surface area contributed by atoms with Crippen LogP contribution < -0.4 is 15.5 Å². The largest absolute Gasteiger partial charge is 0.416 e. The third-order valence-corrected chi connectivity index (χ3v) is 8.74. The number of carbonyl (C=O) groups excluding carboxylic acids is 1. The quantitative estimate of drug-likeness (QED) is 0.0815. The molecule has 10 nitrogen and oxygen atoms in total. The molecular formula is C36H39BrClF3N6O4. The predicted molar refractivity (Wildman–Crippen MR) is 194 cm³/mol. The van der Waals surface area contributed by atoms with Crippen molar-refractivity contribution in [2.45, 2.75) is 32.0 Å². The van der Waals surface area contributed by atoms with E-state index in [0.29, 0.717) is 68.2 Å². The van der Waals surface area contributed by atoms with Gasteiger partial charge in [-0.15, -0.1) is 5.10 Å². The van der Waals surface area contributed by atoms with E-state index in [2.05, 4.69) is 48.3 Å². The number of nitrogens with one attached hydrogen (secondary N) is 2. The number of hydrogen-bond donors (Lipinski definition) is 2. The van der Waals surface area contributed by atoms with Gasteiger partial charge in [-0.25, -0.2) is 9.50 Å². The number of fused-ring (bicyclic) bond motifs is 1. The highest BCUT2D eigenvalue weighted by atomic mass is 79.9. The lowest BCUT2D eigenvalue weighted by atomic mass is 10.0. The van der Waals surface area contributed by atoms with Crippen molar-refractivity contribution in [2.75, 3.05) is 74.8 Å². The Morgan fingerprint density at radius 1 is 1.00 bits per heavy atom. The second-order valence-electron chi connectivity index (χ2n) is 11.8. The van der Waals surface area contributed by atoms with Crippen molar-refractivity contribution in [3.63, 3.8) is 0 Å². The number of alkyl halides is 4. The smallest absolute Gasteiger partial charge is 0.378 e. The first-order valence-electron chi connectivity index (χ1n) is 16.6. The fraction of sp³-hybridized carbons (Fsp3) is 0.417. The molecule has 0 saturated carbocycles. The molecule has 1 aliphatic heterocycles. The van der Waals surface area contributed by atoms with E-state index in [4.69, 9.17) is 30.9 Å². The molecule has 4 aromatic rings. The predicted octanol–water partition coefficient (Wildman–Crippen LogP) is 6.37. The van der Waals surface area contributed by atoms with Gasteiger partial charge in [0.15, 0.2) is 5.65 Å². The van der Waals surface area contributed by atoms with Crippen molar-refractivity contribution in [2.24, 2.45) is 0 Å². The van der Waals surface area contributed by atoms with Crippen LogP contribution in [0.3, 0.4) is 0 Å². The number of hydrogen-bond acceptors (Lipinski definition) is 8. The van der Waals surface area contributed by atoms with Crippen molar-refractivity contribution in [3.05, 3.63) is 87.7 Å². The molecule has 0 unspecified atom stereocenters. The highest BCUT2D eigenvalue weighted by Gasteiger charge is 2.31. The van der Waals surface area contributed by atoms with Crippen LogP contribution in [-0.4, -0.2) is 91.2 Å². The summed E-state index contributed by atoms with van der Waals surface area (Å²) in [6.07, 6.45) is -1.02. The van der Waals surface area contributed by atoms with Gasteiger partial charge in [-0.2, -0.15) is 13.2 Å². The Hall–Kier alpha value is -3.71. The zero-order valence-electron chi connectivity index (χ0n) is 28.1. The Balaban J connectivity index is 1.14. The molecule has 5 rings (SSSR count). The summed E-state index contributed by atoms with van der Waals surface area (Å²) < 4.78 is 58.0. The van der Waals surface area contributed by atoms with Crippen molar-refractivity contribution in [3.8, 4) is 11.8 Å². The van der Waals surface area contributed by atoms with Gasteiger partial charge in [-0.3, -0.25) is 4.79 Å². The lowest BCUT2D eigenvalue weighted by Crippen LogP contribution is -2.43. The summed E-state index contributed by atoms with van der Waals surface area (Å²) in [6, 6.07) is 12.2. The zero-order chi connectivity index (χ0) is 36.2. The molecular weight excluding hydrogens is 753 g/mol. The van der Waals surface area contributed by atoms with Gasteiger partial charge in [0.05, 0.1) is 51.4 Å². The van der Waals surface area contributed by atoms with Crippen LogP contribution in [0.2, 0.25) is 5.02 Å². The monoisotopic (exact) mass is 790 g/mol. The third kappa shape index (κ3) is 11.1. The summed E-state index contributed by atoms with van der Waals surface area (Å²) >= 11 is 9.20. The van der Waals surface area contributed by atoms with Gasteiger partial charge in [0.25, 0.3) is 5.91 Å². The molecule has 2 N–H and O–H groups in total. The minimum atomic E-state index is -4.60. The summed E-state index contributed by atoms with van der Waals surface area (Å²) in [6.45, 7) is 7.76. The van der Waals surface area contributed by atoms with Gasteiger partial charge in [0.1, 0.15) is 11.5 Å². The van der Waals surface area contributed by atoms with Crippen LogP contribution in [0.25, 0.3) is 5.65 Å². The van der Waals surface area contributed by atoms with E-state index in [0.717, 1.165) is 55.8 Å². The van der Waals surface area contributed by atoms with E-state index < -0.39 is 17.6 Å². The maximum absolute atomic E-state index is 13.3. The summed E-state index contributed by atoms with van der Waals surface area (Å²) in [5.41, 5.74) is 1.63. The number of ether oxygens (including phenoxy) is 3. The molecule has 1 amide bonds. The number of rotatable bonds is 15. The van der Waals surface area contributed by atoms with Crippen molar-refractivity contribution in [1.29, 1.82) is 0 Å². The van der Waals surface area contributed by atoms with E-state index >= 15 is 0 Å². The first kappa shape index (κ1) is 38.5. The molecule has 0 spiro atoms. The maximum Gasteiger partial charge on any atom is 0.416 e. The van der Waals surface area contributed by atoms with E-state index in [9.17, 15) is 18.0 Å². The van der Waals surface area contributed by atoms with Gasteiger partial charge >= 0.3 is 6.18 Å². The van der Waals surface area contributed by atoms with Gasteiger partial charge in [0, 0.05) is 52.8 Å². The van der Waals surface area contributed by atoms with Gasteiger partial charge < -0.3 is 29.7 Å². The fourth-order valence-corrected chi connectivity index (χ4v) is 6.00. The van der Waals surface area contributed by atoms with Crippen LogP contribution in [0.5, 0.6) is 0 Å². The number of amides is 1. The molecule has 51 heavy (non-hydrogen) atoms. The van der Waals surface area contributed by atoms with E-state index in [1.54, 1.807) is 35.8 Å². The number of anilines is 2. The highest BCUT2D eigenvalue weighted by molar-refractivity contribution is 9.09. The number of piperidine rings is 1. The fourth-order valence-electron chi connectivity index (χ4n) is 5.53. The van der Waals surface area contributed by atoms with Gasteiger partial charge in [-0.05, 0) is 73.7 Å². The summed E-state index contributed by atoms with van der Waals surface area (Å²) in [5, 5.41) is 11.6. The first-order valence-corrected chi connectivity index (χ1v) is 18.1. The van der Waals surface area contributed by atoms with E-state index in [-0.39, 0.29) is 16.3 Å². The topological polar surface area (TPSA) is 102 Å². The molecule has 1 aliphatic rings. The summed E-state index contributed by atoms with van der Waals surface area (Å²) in [4.78, 5) is 19.8. The lowest BCUT2D eigenvalue weighted by molar-refractivity contribution is -0.137. The van der Waals surface area contributed by atoms with Crippen LogP contribution in [-0.2, 0) is 20.4 Å². The van der Waals surface area contributed by atoms with E-state index in [1.165, 1.54) is 6.07 Å². The number of imidazole rings is 1. The average Bonchev–Trinajstić information content (AvgIpc) is 3.52. The van der Waals surface area contributed by atoms with Crippen LogP contribution in [0.15, 0.2) is 54.7 Å². The van der Waals surface area contributed by atoms with Crippen LogP contribution in [0.1, 0.15) is 45.6 Å². The van der Waals surface area contributed by atoms with Gasteiger partial charge in [0.2, 0.25) is 0 Å². The molecule has 3 heterocycles. The average molecular weight is 792 g/mol. The first-order chi connectivity index (χ1) is 24.6. The van der Waals surface area contributed by atoms with Crippen molar-refractivity contribution >= 4 is 50.6 Å². The summed E-state index contributed by atoms with van der Waals surface area (Å²) in [7, 11) is 0. The SMILES string of the molecule is Cc1c(C#Cc2cnc3ccc(N4CCC(NCCOCCOCCOCCBr)CC4)nn23)cccc1C(=O)Nc1cc(Cl)cc(C(F)(F)F)c1. The van der Waals surface area contributed by atoms with Crippen molar-refractivity contribution in [1.82, 2.24) is 19.9 Å². The number of benzene rings is 2. The Morgan fingerprint density at radius 3 is 2.45 bits per heavy atom. The third-order valence-electron chi connectivity index (χ3n) is 8.20. The molecule has 272 valence electrons. The van der Waals surface area contributed by atoms with Crippen LogP contribution >= 0.6 is 27.5 Å². The molecule has 1 saturated heterocycles. The van der Waals surface area contributed by atoms with E-state index in [1.807, 2.05) is 12.1 Å². The molecule has 0 atom stereocenters. The second kappa shape index (κ2) is 18.7. The Morgan fingerprint density at radius 2 is 1.73 bits per heavy atom. The maximum atomic E-state index is 13.3. The second-order valence-corrected chi connectivity index (χ2v) is 13.0. The highest BCUT2D eigenvalue weighted by Crippen LogP contribution is 2.33. The van der Waals surface area contributed by atoms with Crippen LogP contribution in [0, 0.1) is 18.8 Å². The number of carbonyl (C=O) groups is 1. The van der Waals surface area contributed by atoms with Gasteiger partial charge in [-0.1, -0.05) is 39.5 Å². The Kier molecular flexibility index (Phi) is 14.1. The molecule has 0 radical (unpaired) electrons. The molecule has 2 aromatic heterocycles. The molecule has 0 aliphatic carbocycles. The number of halogens is 5. The normalized spacial score (nSPS) is 13.7. The minimum Gasteiger partial charge on any atom is -0.378 e. The standard InChI is InChI=1S/C36H39BrClF3N6O4/c1-25-26(3-2-4-32(25)35(48)44-30-22-27(36(39,40)41)21-28(38)23-30)5-6-31-24-43-33-7-8-34(45-47(31)33)46-13-9-29(10-14-46)42-12-16-50-18-20-51-19-17-49-15-11-37/h2-4,7-8,21-24,29,42H,9-20H2,1H3,(H,44,48). The Labute approximate surface area is 308 Å². The zero-order valence-corrected chi connectivity index (χ0v) is 30.4. The number of aromatic nitrogens is 3.